The van der Waals surface area contributed by atoms with Gasteiger partial charge in [0.1, 0.15) is 0 Å². The van der Waals surface area contributed by atoms with Gasteiger partial charge >= 0.3 is 5.97 Å². The molecule has 1 aliphatic heterocycles. The Morgan fingerprint density at radius 3 is 2.76 bits per heavy atom. The Hall–Kier alpha value is -0.270. The number of thioether (sulfide) groups is 1. The number of nitrogens with one attached hydrogen (secondary N) is 1. The van der Waals surface area contributed by atoms with Crippen LogP contribution in [0, 0.1) is 0 Å². The maximum Gasteiger partial charge on any atom is 0.303 e. The van der Waals surface area contributed by atoms with E-state index in [1.807, 2.05) is 11.8 Å². The molecule has 0 aliphatic carbocycles. The normalized spacial score (nSPS) is 21.3. The number of rotatable bonds is 7. The number of carboxylic acid groups (broad SMARTS) is 1. The first-order chi connectivity index (χ1) is 7.99. The molecule has 0 aromatic rings. The molecule has 1 saturated heterocycles. The summed E-state index contributed by atoms with van der Waals surface area (Å²) in [5.41, 5.74) is 0. The molecule has 17 heavy (non-hydrogen) atoms. The summed E-state index contributed by atoms with van der Waals surface area (Å²) in [5.74, 6) is 0.0466. The molecular weight excluding hydrogens is 262 g/mol. The van der Waals surface area contributed by atoms with Gasteiger partial charge in [0, 0.05) is 18.2 Å². The van der Waals surface area contributed by atoms with Crippen LogP contribution in [0.5, 0.6) is 0 Å². The monoisotopic (exact) mass is 281 g/mol. The summed E-state index contributed by atoms with van der Waals surface area (Å²) in [5, 5.41) is 8.80. The SMILES string of the molecule is O=C(O)CCCS(=O)(=O)NCC1CCCCS1. The highest BCUT2D eigenvalue weighted by Crippen LogP contribution is 2.24. The molecule has 0 aromatic heterocycles. The molecule has 1 rings (SSSR count). The van der Waals surface area contributed by atoms with E-state index < -0.39 is 16.0 Å². The van der Waals surface area contributed by atoms with E-state index in [0.29, 0.717) is 11.8 Å². The third-order valence-corrected chi connectivity index (χ3v) is 5.44. The molecule has 0 radical (unpaired) electrons. The number of hydrogen-bond acceptors (Lipinski definition) is 4. The van der Waals surface area contributed by atoms with Crippen LogP contribution in [0.25, 0.3) is 0 Å². The van der Waals surface area contributed by atoms with Gasteiger partial charge in [0.25, 0.3) is 0 Å². The summed E-state index contributed by atoms with van der Waals surface area (Å²) in [4.78, 5) is 10.3. The molecule has 100 valence electrons. The van der Waals surface area contributed by atoms with Crippen LogP contribution in [-0.2, 0) is 14.8 Å². The van der Waals surface area contributed by atoms with Gasteiger partial charge in [-0.2, -0.15) is 11.8 Å². The van der Waals surface area contributed by atoms with Crippen molar-refractivity contribution in [1.29, 1.82) is 0 Å². The smallest absolute Gasteiger partial charge is 0.303 e. The van der Waals surface area contributed by atoms with Crippen molar-refractivity contribution in [2.45, 2.75) is 37.4 Å². The average molecular weight is 281 g/mol. The molecule has 0 saturated carbocycles. The van der Waals surface area contributed by atoms with Crippen molar-refractivity contribution < 1.29 is 18.3 Å². The molecular formula is C10H19NO4S2. The molecule has 0 spiro atoms. The van der Waals surface area contributed by atoms with Gasteiger partial charge < -0.3 is 5.11 Å². The third kappa shape index (κ3) is 6.90. The first-order valence-corrected chi connectivity index (χ1v) is 8.50. The van der Waals surface area contributed by atoms with Crippen LogP contribution in [-0.4, -0.2) is 42.8 Å². The molecule has 1 unspecified atom stereocenters. The van der Waals surface area contributed by atoms with Gasteiger partial charge in [-0.15, -0.1) is 0 Å². The number of carbonyl (C=O) groups is 1. The maximum atomic E-state index is 11.5. The van der Waals surface area contributed by atoms with Crippen molar-refractivity contribution in [1.82, 2.24) is 4.72 Å². The molecule has 0 aromatic carbocycles. The topological polar surface area (TPSA) is 83.5 Å². The molecule has 1 heterocycles. The highest BCUT2D eigenvalue weighted by molar-refractivity contribution is 8.00. The summed E-state index contributed by atoms with van der Waals surface area (Å²) in [6, 6.07) is 0. The molecule has 0 bridgehead atoms. The Labute approximate surface area is 106 Å². The fourth-order valence-corrected chi connectivity index (χ4v) is 4.14. The molecule has 1 fully saturated rings. The van der Waals surface area contributed by atoms with Gasteiger partial charge in [0.2, 0.25) is 10.0 Å². The van der Waals surface area contributed by atoms with E-state index in [1.54, 1.807) is 0 Å². The van der Waals surface area contributed by atoms with E-state index in [0.717, 1.165) is 12.2 Å². The second-order valence-corrected chi connectivity index (χ2v) is 7.49. The zero-order valence-corrected chi connectivity index (χ0v) is 11.4. The van der Waals surface area contributed by atoms with E-state index in [9.17, 15) is 13.2 Å². The number of sulfonamides is 1. The average Bonchev–Trinajstić information content (AvgIpc) is 2.27. The Morgan fingerprint density at radius 1 is 1.41 bits per heavy atom. The Bertz CT molecular complexity index is 336. The zero-order chi connectivity index (χ0) is 12.7. The van der Waals surface area contributed by atoms with Gasteiger partial charge in [-0.25, -0.2) is 13.1 Å². The van der Waals surface area contributed by atoms with E-state index in [2.05, 4.69) is 4.72 Å². The van der Waals surface area contributed by atoms with Crippen LogP contribution in [0.2, 0.25) is 0 Å². The highest BCUT2D eigenvalue weighted by Gasteiger charge is 2.17. The van der Waals surface area contributed by atoms with Crippen LogP contribution in [0.15, 0.2) is 0 Å². The van der Waals surface area contributed by atoms with Crippen LogP contribution in [0.3, 0.4) is 0 Å². The second-order valence-electron chi connectivity index (χ2n) is 4.15. The van der Waals surface area contributed by atoms with Gasteiger partial charge in [-0.3, -0.25) is 4.79 Å². The Morgan fingerprint density at radius 2 is 2.18 bits per heavy atom. The number of hydrogen-bond donors (Lipinski definition) is 2. The Balaban J connectivity index is 2.21. The van der Waals surface area contributed by atoms with Gasteiger partial charge in [0.15, 0.2) is 0 Å². The van der Waals surface area contributed by atoms with Crippen LogP contribution in [0.4, 0.5) is 0 Å². The lowest BCUT2D eigenvalue weighted by atomic mass is 10.2. The quantitative estimate of drug-likeness (QED) is 0.729. The maximum absolute atomic E-state index is 11.5. The van der Waals surface area contributed by atoms with Crippen molar-refractivity contribution in [3.63, 3.8) is 0 Å². The largest absolute Gasteiger partial charge is 0.481 e. The summed E-state index contributed by atoms with van der Waals surface area (Å²) in [7, 11) is -3.30. The molecule has 1 aliphatic rings. The van der Waals surface area contributed by atoms with E-state index in [1.165, 1.54) is 12.8 Å². The fraction of sp³-hybridized carbons (Fsp3) is 0.900. The predicted molar refractivity (Wildman–Crippen MR) is 68.8 cm³/mol. The summed E-state index contributed by atoms with van der Waals surface area (Å²) >= 11 is 1.81. The highest BCUT2D eigenvalue weighted by atomic mass is 32.2. The minimum atomic E-state index is -3.30. The molecule has 0 amide bonds. The van der Waals surface area contributed by atoms with Crippen LogP contribution >= 0.6 is 11.8 Å². The van der Waals surface area contributed by atoms with E-state index in [-0.39, 0.29) is 18.6 Å². The minimum Gasteiger partial charge on any atom is -0.481 e. The number of carboxylic acids is 1. The molecule has 5 nitrogen and oxygen atoms in total. The first-order valence-electron chi connectivity index (χ1n) is 5.80. The lowest BCUT2D eigenvalue weighted by molar-refractivity contribution is -0.137. The molecule has 7 heteroatoms. The van der Waals surface area contributed by atoms with Crippen LogP contribution < -0.4 is 4.72 Å². The van der Waals surface area contributed by atoms with Crippen molar-refractivity contribution in [2.24, 2.45) is 0 Å². The second kappa shape index (κ2) is 7.23. The summed E-state index contributed by atoms with van der Waals surface area (Å²) < 4.78 is 25.6. The summed E-state index contributed by atoms with van der Waals surface area (Å²) in [6.07, 6.45) is 3.51. The van der Waals surface area contributed by atoms with Gasteiger partial charge in [0.05, 0.1) is 5.75 Å². The van der Waals surface area contributed by atoms with Crippen molar-refractivity contribution in [2.75, 3.05) is 18.1 Å². The summed E-state index contributed by atoms with van der Waals surface area (Å²) in [6.45, 7) is 0.472. The van der Waals surface area contributed by atoms with Gasteiger partial charge in [-0.05, 0) is 25.0 Å². The standard InChI is InChI=1S/C10H19NO4S2/c12-10(13)5-3-7-17(14,15)11-8-9-4-1-2-6-16-9/h9,11H,1-8H2,(H,12,13). The number of aliphatic carboxylic acids is 1. The molecule has 2 N–H and O–H groups in total. The van der Waals surface area contributed by atoms with E-state index >= 15 is 0 Å². The molecule has 1 atom stereocenters. The fourth-order valence-electron chi connectivity index (χ4n) is 1.67. The minimum absolute atomic E-state index is 0.0981. The van der Waals surface area contributed by atoms with Gasteiger partial charge in [-0.1, -0.05) is 6.42 Å². The first kappa shape index (κ1) is 14.8. The van der Waals surface area contributed by atoms with Crippen molar-refractivity contribution in [3.8, 4) is 0 Å². The van der Waals surface area contributed by atoms with Crippen molar-refractivity contribution >= 4 is 27.8 Å². The Kier molecular flexibility index (Phi) is 6.29. The lowest BCUT2D eigenvalue weighted by Gasteiger charge is -2.21. The zero-order valence-electron chi connectivity index (χ0n) is 9.72. The van der Waals surface area contributed by atoms with E-state index in [4.69, 9.17) is 5.11 Å². The van der Waals surface area contributed by atoms with Crippen molar-refractivity contribution in [3.05, 3.63) is 0 Å². The predicted octanol–water partition coefficient (Wildman–Crippen LogP) is 1.06. The lowest BCUT2D eigenvalue weighted by Crippen LogP contribution is -2.33. The third-order valence-electron chi connectivity index (χ3n) is 2.61. The van der Waals surface area contributed by atoms with Crippen LogP contribution in [0.1, 0.15) is 32.1 Å².